The van der Waals surface area contributed by atoms with Gasteiger partial charge in [-0.1, -0.05) is 25.1 Å². The first kappa shape index (κ1) is 19.8. The topological polar surface area (TPSA) is 43.7 Å². The predicted octanol–water partition coefficient (Wildman–Crippen LogP) is 4.00. The smallest absolute Gasteiger partial charge is 0.255 e. The average Bonchev–Trinajstić information content (AvgIpc) is 2.64. The molecule has 1 atom stereocenters. The first-order valence-electron chi connectivity index (χ1n) is 9.27. The molecule has 27 heavy (non-hydrogen) atoms. The highest BCUT2D eigenvalue weighted by molar-refractivity contribution is 6.29. The Morgan fingerprint density at radius 2 is 1.96 bits per heavy atom. The Hall–Kier alpha value is -1.98. The summed E-state index contributed by atoms with van der Waals surface area (Å²) in [5, 5.41) is 1.34. The summed E-state index contributed by atoms with van der Waals surface area (Å²) in [4.78, 5) is 15.6. The zero-order valence-corrected chi connectivity index (χ0v) is 17.0. The summed E-state index contributed by atoms with van der Waals surface area (Å²) in [5.74, 6) is 1.88. The van der Waals surface area contributed by atoms with E-state index in [1.807, 2.05) is 18.2 Å². The predicted molar refractivity (Wildman–Crippen MR) is 110 cm³/mol. The van der Waals surface area contributed by atoms with Gasteiger partial charge in [-0.15, -0.1) is 0 Å². The summed E-state index contributed by atoms with van der Waals surface area (Å²) in [6.07, 6.45) is 2.42. The van der Waals surface area contributed by atoms with Crippen molar-refractivity contribution in [1.82, 2.24) is 9.47 Å². The maximum atomic E-state index is 13.2. The highest BCUT2D eigenvalue weighted by Crippen LogP contribution is 2.32. The number of fused-ring (bicyclic) bond motifs is 1. The molecule has 0 N–H and O–H groups in total. The second-order valence-electron chi connectivity index (χ2n) is 7.33. The number of hydrogen-bond donors (Lipinski definition) is 0. The normalized spacial score (nSPS) is 17.9. The van der Waals surface area contributed by atoms with Crippen molar-refractivity contribution in [2.45, 2.75) is 32.9 Å². The second-order valence-corrected chi connectivity index (χ2v) is 7.86. The molecule has 6 heteroatoms. The molecule has 2 aromatic rings. The number of methoxy groups -OCH3 is 2. The van der Waals surface area contributed by atoms with E-state index >= 15 is 0 Å². The minimum atomic E-state index is -0.0326. The van der Waals surface area contributed by atoms with E-state index in [1.54, 1.807) is 18.8 Å². The molecular weight excluding hydrogens is 364 g/mol. The lowest BCUT2D eigenvalue weighted by Gasteiger charge is -2.30. The van der Waals surface area contributed by atoms with E-state index < -0.39 is 0 Å². The molecule has 0 bridgehead atoms. The van der Waals surface area contributed by atoms with Gasteiger partial charge in [0, 0.05) is 35.1 Å². The Labute approximate surface area is 165 Å². The molecule has 1 aromatic heterocycles. The van der Waals surface area contributed by atoms with E-state index in [1.165, 1.54) is 12.8 Å². The molecule has 1 aliphatic rings. The fraction of sp³-hybridized carbons (Fsp3) is 0.476. The van der Waals surface area contributed by atoms with Crippen molar-refractivity contribution in [2.24, 2.45) is 5.92 Å². The number of piperidine rings is 1. The van der Waals surface area contributed by atoms with Gasteiger partial charge in [-0.2, -0.15) is 0 Å². The van der Waals surface area contributed by atoms with E-state index in [0.29, 0.717) is 29.0 Å². The van der Waals surface area contributed by atoms with E-state index in [-0.39, 0.29) is 12.1 Å². The zero-order valence-electron chi connectivity index (χ0n) is 16.3. The lowest BCUT2D eigenvalue weighted by Crippen LogP contribution is -2.36. The number of rotatable bonds is 6. The molecule has 1 saturated heterocycles. The van der Waals surface area contributed by atoms with Crippen LogP contribution >= 0.6 is 11.6 Å². The second kappa shape index (κ2) is 8.36. The van der Waals surface area contributed by atoms with Crippen LogP contribution in [0.15, 0.2) is 34.6 Å². The molecular formula is C21H27ClN2O3. The Morgan fingerprint density at radius 3 is 2.59 bits per heavy atom. The van der Waals surface area contributed by atoms with Crippen molar-refractivity contribution in [3.8, 4) is 11.5 Å². The molecule has 0 saturated carbocycles. The fourth-order valence-electron chi connectivity index (χ4n) is 3.88. The summed E-state index contributed by atoms with van der Waals surface area (Å²) in [6.45, 7) is 8.98. The molecule has 1 aliphatic heterocycles. The van der Waals surface area contributed by atoms with Crippen LogP contribution in [0.3, 0.4) is 0 Å². The summed E-state index contributed by atoms with van der Waals surface area (Å²) in [5.41, 5.74) is 1.49. The van der Waals surface area contributed by atoms with Crippen LogP contribution in [0.5, 0.6) is 11.5 Å². The Morgan fingerprint density at radius 1 is 1.26 bits per heavy atom. The standard InChI is InChI=1S/C21H27ClN2O3/c1-14-6-5-7-23(11-14)13-17-8-16-9-19(26-3)20(27-4)10-18(16)24(21(17)25)12-15(2)22/h8-10,14H,2,5-7,11-13H2,1,3-4H3/t14-/m1/s1. The maximum Gasteiger partial charge on any atom is 0.255 e. The average molecular weight is 391 g/mol. The highest BCUT2D eigenvalue weighted by Gasteiger charge is 2.20. The lowest BCUT2D eigenvalue weighted by atomic mass is 10.00. The van der Waals surface area contributed by atoms with Gasteiger partial charge in [0.1, 0.15) is 0 Å². The van der Waals surface area contributed by atoms with E-state index in [9.17, 15) is 4.79 Å². The monoisotopic (exact) mass is 390 g/mol. The molecule has 0 spiro atoms. The van der Waals surface area contributed by atoms with Crippen molar-refractivity contribution < 1.29 is 9.47 Å². The van der Waals surface area contributed by atoms with Crippen molar-refractivity contribution in [3.05, 3.63) is 45.7 Å². The van der Waals surface area contributed by atoms with Crippen LogP contribution < -0.4 is 15.0 Å². The molecule has 1 fully saturated rings. The lowest BCUT2D eigenvalue weighted by molar-refractivity contribution is 0.176. The molecule has 146 valence electrons. The molecule has 1 aromatic carbocycles. The molecule has 0 unspecified atom stereocenters. The van der Waals surface area contributed by atoms with Crippen LogP contribution in [0, 0.1) is 5.92 Å². The Kier molecular flexibility index (Phi) is 6.12. The third kappa shape index (κ3) is 4.30. The van der Waals surface area contributed by atoms with Gasteiger partial charge in [0.25, 0.3) is 5.56 Å². The molecule has 3 rings (SSSR count). The largest absolute Gasteiger partial charge is 0.493 e. The number of likely N-dealkylation sites (tertiary alicyclic amines) is 1. The number of halogens is 1. The minimum Gasteiger partial charge on any atom is -0.493 e. The Bertz CT molecular complexity index is 906. The Balaban J connectivity index is 2.12. The number of nitrogens with zero attached hydrogens (tertiary/aromatic N) is 2. The van der Waals surface area contributed by atoms with Crippen LogP contribution in [0.25, 0.3) is 10.9 Å². The number of ether oxygens (including phenoxy) is 2. The number of aromatic nitrogens is 1. The molecule has 0 aliphatic carbocycles. The van der Waals surface area contributed by atoms with E-state index in [2.05, 4.69) is 18.4 Å². The van der Waals surface area contributed by atoms with Crippen LogP contribution in [-0.2, 0) is 13.1 Å². The molecule has 0 radical (unpaired) electrons. The van der Waals surface area contributed by atoms with Crippen LogP contribution in [0.2, 0.25) is 0 Å². The van der Waals surface area contributed by atoms with Crippen molar-refractivity contribution in [3.63, 3.8) is 0 Å². The SMILES string of the molecule is C=C(Cl)Cn1c(=O)c(CN2CCC[C@@H](C)C2)cc2cc(OC)c(OC)cc21. The quantitative estimate of drug-likeness (QED) is 0.747. The van der Waals surface area contributed by atoms with Gasteiger partial charge in [0.05, 0.1) is 26.3 Å². The number of pyridine rings is 1. The summed E-state index contributed by atoms with van der Waals surface area (Å²) in [7, 11) is 3.19. The van der Waals surface area contributed by atoms with Gasteiger partial charge in [-0.25, -0.2) is 0 Å². The molecule has 0 amide bonds. The fourth-order valence-corrected chi connectivity index (χ4v) is 4.00. The molecule has 5 nitrogen and oxygen atoms in total. The van der Waals surface area contributed by atoms with E-state index in [0.717, 1.165) is 29.6 Å². The summed E-state index contributed by atoms with van der Waals surface area (Å²) in [6, 6.07) is 5.69. The highest BCUT2D eigenvalue weighted by atomic mass is 35.5. The number of hydrogen-bond acceptors (Lipinski definition) is 4. The third-order valence-corrected chi connectivity index (χ3v) is 5.26. The third-order valence-electron chi connectivity index (χ3n) is 5.14. The minimum absolute atomic E-state index is 0.0326. The van der Waals surface area contributed by atoms with Gasteiger partial charge in [0.2, 0.25) is 0 Å². The van der Waals surface area contributed by atoms with Crippen LogP contribution in [-0.4, -0.2) is 36.8 Å². The van der Waals surface area contributed by atoms with Crippen molar-refractivity contribution in [1.29, 1.82) is 0 Å². The van der Waals surface area contributed by atoms with Gasteiger partial charge < -0.3 is 14.0 Å². The van der Waals surface area contributed by atoms with Gasteiger partial charge >= 0.3 is 0 Å². The van der Waals surface area contributed by atoms with Gasteiger partial charge in [-0.3, -0.25) is 9.69 Å². The van der Waals surface area contributed by atoms with E-state index in [4.69, 9.17) is 21.1 Å². The first-order valence-corrected chi connectivity index (χ1v) is 9.64. The number of allylic oxidation sites excluding steroid dienone is 1. The maximum absolute atomic E-state index is 13.2. The van der Waals surface area contributed by atoms with Crippen molar-refractivity contribution in [2.75, 3.05) is 27.3 Å². The number of benzene rings is 1. The van der Waals surface area contributed by atoms with Gasteiger partial charge in [0.15, 0.2) is 11.5 Å². The van der Waals surface area contributed by atoms with Crippen LogP contribution in [0.4, 0.5) is 0 Å². The zero-order chi connectivity index (χ0) is 19.6. The van der Waals surface area contributed by atoms with Crippen molar-refractivity contribution >= 4 is 22.5 Å². The van der Waals surface area contributed by atoms with Crippen LogP contribution in [0.1, 0.15) is 25.3 Å². The first-order chi connectivity index (χ1) is 12.9. The summed E-state index contributed by atoms with van der Waals surface area (Å²) >= 11 is 6.06. The molecule has 2 heterocycles. The summed E-state index contributed by atoms with van der Waals surface area (Å²) < 4.78 is 12.5. The van der Waals surface area contributed by atoms with Gasteiger partial charge in [-0.05, 0) is 37.4 Å².